The van der Waals surface area contributed by atoms with Gasteiger partial charge in [0, 0.05) is 12.6 Å². The molecule has 1 aliphatic rings. The summed E-state index contributed by atoms with van der Waals surface area (Å²) in [7, 11) is 0. The largest absolute Gasteiger partial charge is 0.487 e. The summed E-state index contributed by atoms with van der Waals surface area (Å²) in [6.45, 7) is 4.90. The fourth-order valence-corrected chi connectivity index (χ4v) is 3.79. The third-order valence-electron chi connectivity index (χ3n) is 5.52. The second-order valence-electron chi connectivity index (χ2n) is 8.07. The summed E-state index contributed by atoms with van der Waals surface area (Å²) in [5.74, 6) is 0.271. The number of nitrogens with zero attached hydrogens (tertiary/aromatic N) is 1. The quantitative estimate of drug-likeness (QED) is 0.650. The number of rotatable bonds is 7. The Hall–Kier alpha value is -2.76. The first-order valence-electron chi connectivity index (χ1n) is 10.1. The Morgan fingerprint density at radius 2 is 2.07 bits per heavy atom. The average Bonchev–Trinajstić information content (AvgIpc) is 2.70. The number of hydrogen-bond acceptors (Lipinski definition) is 3. The second-order valence-corrected chi connectivity index (χ2v) is 8.07. The molecule has 2 aromatic carbocycles. The van der Waals surface area contributed by atoms with Crippen molar-refractivity contribution >= 4 is 11.8 Å². The molecule has 3 N–H and O–H groups in total. The summed E-state index contributed by atoms with van der Waals surface area (Å²) < 4.78 is 20.8. The number of nitrogen functional groups attached to an aromatic ring is 1. The number of nitrogens with two attached hydrogens (primary N) is 1. The molecule has 156 valence electrons. The highest BCUT2D eigenvalue weighted by molar-refractivity contribution is 5.66. The lowest BCUT2D eigenvalue weighted by Crippen LogP contribution is -2.43. The van der Waals surface area contributed by atoms with E-state index in [9.17, 15) is 9.90 Å². The molecular formula is C23H29FN2O3. The van der Waals surface area contributed by atoms with Crippen molar-refractivity contribution in [2.45, 2.75) is 52.2 Å². The number of carboxylic acid groups (broad SMARTS) is 1. The van der Waals surface area contributed by atoms with Gasteiger partial charge in [0.15, 0.2) is 5.82 Å². The normalized spacial score (nSPS) is 15.8. The van der Waals surface area contributed by atoms with Crippen LogP contribution in [-0.4, -0.2) is 28.7 Å². The van der Waals surface area contributed by atoms with E-state index < -0.39 is 11.9 Å². The number of halogens is 1. The van der Waals surface area contributed by atoms with Crippen molar-refractivity contribution in [1.82, 2.24) is 4.90 Å². The fourth-order valence-electron chi connectivity index (χ4n) is 3.79. The van der Waals surface area contributed by atoms with Crippen LogP contribution in [0, 0.1) is 11.7 Å². The molecule has 0 bridgehead atoms. The number of aryl methyl sites for hydroxylation is 1. The van der Waals surface area contributed by atoms with Gasteiger partial charge in [-0.1, -0.05) is 44.2 Å². The number of amides is 1. The summed E-state index contributed by atoms with van der Waals surface area (Å²) in [5.41, 5.74) is 8.36. The number of carbonyl (C=O) groups is 1. The molecule has 0 spiro atoms. The van der Waals surface area contributed by atoms with Gasteiger partial charge in [-0.15, -0.1) is 0 Å². The molecule has 5 nitrogen and oxygen atoms in total. The van der Waals surface area contributed by atoms with Crippen LogP contribution in [0.4, 0.5) is 14.9 Å². The van der Waals surface area contributed by atoms with Gasteiger partial charge in [0.25, 0.3) is 0 Å². The monoisotopic (exact) mass is 400 g/mol. The topological polar surface area (TPSA) is 75.8 Å². The van der Waals surface area contributed by atoms with E-state index in [1.54, 1.807) is 0 Å². The minimum Gasteiger partial charge on any atom is -0.487 e. The van der Waals surface area contributed by atoms with E-state index in [0.29, 0.717) is 49.6 Å². The molecule has 0 radical (unpaired) electrons. The molecule has 29 heavy (non-hydrogen) atoms. The van der Waals surface area contributed by atoms with Crippen molar-refractivity contribution in [3.05, 3.63) is 58.9 Å². The standard InChI is InChI=1S/C23H29FN2O3/c1-15(2)10-11-26(23(27)28)18-9-8-17-12-20(22(25)21(24)19(17)13-18)29-14-16-6-4-3-5-7-16/h3-7,12,15,18H,8-11,13-14,25H2,1-2H3,(H,27,28)/t18-/m1/s1. The third-order valence-corrected chi connectivity index (χ3v) is 5.52. The first-order chi connectivity index (χ1) is 13.9. The molecule has 1 amide bonds. The van der Waals surface area contributed by atoms with E-state index in [2.05, 4.69) is 13.8 Å². The van der Waals surface area contributed by atoms with E-state index >= 15 is 4.39 Å². The first kappa shape index (κ1) is 21.0. The van der Waals surface area contributed by atoms with Gasteiger partial charge in [-0.25, -0.2) is 9.18 Å². The van der Waals surface area contributed by atoms with Crippen LogP contribution in [0.15, 0.2) is 36.4 Å². The van der Waals surface area contributed by atoms with Gasteiger partial charge in [-0.2, -0.15) is 0 Å². The minimum absolute atomic E-state index is 0.00983. The van der Waals surface area contributed by atoms with E-state index in [-0.39, 0.29) is 11.7 Å². The number of ether oxygens (including phenoxy) is 1. The molecule has 0 aromatic heterocycles. The molecule has 6 heteroatoms. The number of hydrogen-bond donors (Lipinski definition) is 2. The van der Waals surface area contributed by atoms with Crippen molar-refractivity contribution in [2.75, 3.05) is 12.3 Å². The lowest BCUT2D eigenvalue weighted by atomic mass is 9.86. The van der Waals surface area contributed by atoms with Crippen LogP contribution in [0.3, 0.4) is 0 Å². The van der Waals surface area contributed by atoms with Gasteiger partial charge in [0.2, 0.25) is 0 Å². The Labute approximate surface area is 171 Å². The predicted octanol–water partition coefficient (Wildman–Crippen LogP) is 4.87. The molecule has 0 saturated carbocycles. The van der Waals surface area contributed by atoms with Gasteiger partial charge in [-0.05, 0) is 54.4 Å². The second kappa shape index (κ2) is 9.16. The summed E-state index contributed by atoms with van der Waals surface area (Å²) in [4.78, 5) is 13.2. The van der Waals surface area contributed by atoms with Gasteiger partial charge >= 0.3 is 6.09 Å². The number of anilines is 1. The van der Waals surface area contributed by atoms with E-state index in [0.717, 1.165) is 17.5 Å². The Kier molecular flexibility index (Phi) is 6.62. The Morgan fingerprint density at radius 1 is 1.34 bits per heavy atom. The van der Waals surface area contributed by atoms with Gasteiger partial charge in [0.1, 0.15) is 18.0 Å². The van der Waals surface area contributed by atoms with Gasteiger partial charge in [0.05, 0.1) is 0 Å². The van der Waals surface area contributed by atoms with E-state index in [4.69, 9.17) is 10.5 Å². The first-order valence-corrected chi connectivity index (χ1v) is 10.1. The highest BCUT2D eigenvalue weighted by Gasteiger charge is 2.30. The number of fused-ring (bicyclic) bond motifs is 1. The van der Waals surface area contributed by atoms with Gasteiger partial charge in [-0.3, -0.25) is 0 Å². The highest BCUT2D eigenvalue weighted by atomic mass is 19.1. The molecule has 0 saturated heterocycles. The lowest BCUT2D eigenvalue weighted by Gasteiger charge is -2.34. The van der Waals surface area contributed by atoms with E-state index in [1.165, 1.54) is 4.90 Å². The molecule has 1 aliphatic carbocycles. The molecule has 0 heterocycles. The Balaban J connectivity index is 1.77. The maximum absolute atomic E-state index is 15.1. The molecule has 0 unspecified atom stereocenters. The molecule has 0 aliphatic heterocycles. The molecule has 3 rings (SSSR count). The summed E-state index contributed by atoms with van der Waals surface area (Å²) in [5, 5.41) is 9.62. The summed E-state index contributed by atoms with van der Waals surface area (Å²) in [6.07, 6.45) is 1.44. The summed E-state index contributed by atoms with van der Waals surface area (Å²) >= 11 is 0. The Bertz CT molecular complexity index is 855. The van der Waals surface area contributed by atoms with Crippen LogP contribution >= 0.6 is 0 Å². The zero-order valence-electron chi connectivity index (χ0n) is 17.0. The Morgan fingerprint density at radius 3 is 2.72 bits per heavy atom. The van der Waals surface area contributed by atoms with E-state index in [1.807, 2.05) is 36.4 Å². The highest BCUT2D eigenvalue weighted by Crippen LogP contribution is 2.36. The SMILES string of the molecule is CC(C)CCN(C(=O)O)[C@@H]1CCc2cc(OCc3ccccc3)c(N)c(F)c2C1. The van der Waals surface area contributed by atoms with Crippen molar-refractivity contribution in [3.63, 3.8) is 0 Å². The van der Waals surface area contributed by atoms with Crippen molar-refractivity contribution < 1.29 is 19.0 Å². The van der Waals surface area contributed by atoms with Gasteiger partial charge < -0.3 is 20.5 Å². The zero-order valence-corrected chi connectivity index (χ0v) is 17.0. The molecule has 0 fully saturated rings. The average molecular weight is 400 g/mol. The number of benzene rings is 2. The van der Waals surface area contributed by atoms with Crippen molar-refractivity contribution in [3.8, 4) is 5.75 Å². The fraction of sp³-hybridized carbons (Fsp3) is 0.435. The minimum atomic E-state index is -0.949. The van der Waals surface area contributed by atoms with Crippen LogP contribution in [0.25, 0.3) is 0 Å². The summed E-state index contributed by atoms with van der Waals surface area (Å²) in [6, 6.07) is 11.2. The maximum atomic E-state index is 15.1. The lowest BCUT2D eigenvalue weighted by molar-refractivity contribution is 0.116. The van der Waals surface area contributed by atoms with Crippen LogP contribution in [-0.2, 0) is 19.4 Å². The van der Waals surface area contributed by atoms with Crippen molar-refractivity contribution in [1.29, 1.82) is 0 Å². The molecular weight excluding hydrogens is 371 g/mol. The third kappa shape index (κ3) is 5.00. The van der Waals surface area contributed by atoms with Crippen LogP contribution < -0.4 is 10.5 Å². The maximum Gasteiger partial charge on any atom is 0.407 e. The van der Waals surface area contributed by atoms with Crippen LogP contribution in [0.2, 0.25) is 0 Å². The van der Waals surface area contributed by atoms with Crippen LogP contribution in [0.1, 0.15) is 43.4 Å². The smallest absolute Gasteiger partial charge is 0.407 e. The predicted molar refractivity (Wildman–Crippen MR) is 112 cm³/mol. The zero-order chi connectivity index (χ0) is 21.0. The van der Waals surface area contributed by atoms with Crippen molar-refractivity contribution in [2.24, 2.45) is 5.92 Å². The van der Waals surface area contributed by atoms with Crippen LogP contribution in [0.5, 0.6) is 5.75 Å². The molecule has 2 aromatic rings. The molecule has 1 atom stereocenters.